The van der Waals surface area contributed by atoms with Gasteiger partial charge >= 0.3 is 0 Å². The maximum atomic E-state index is 13.1. The number of methoxy groups -OCH3 is 1. The molecule has 6 aromatic rings. The van der Waals surface area contributed by atoms with Crippen LogP contribution in [0.2, 0.25) is 0 Å². The van der Waals surface area contributed by atoms with Crippen molar-refractivity contribution in [2.75, 3.05) is 23.1 Å². The molecule has 0 atom stereocenters. The van der Waals surface area contributed by atoms with Crippen molar-refractivity contribution < 1.29 is 14.1 Å². The molecule has 202 valence electrons. The fourth-order valence-electron chi connectivity index (χ4n) is 4.36. The van der Waals surface area contributed by atoms with Gasteiger partial charge in [0.1, 0.15) is 17.1 Å². The molecule has 0 aliphatic heterocycles. The lowest BCUT2D eigenvalue weighted by Gasteiger charge is -2.11. The third-order valence-corrected chi connectivity index (χ3v) is 6.39. The molecule has 6 rings (SSSR count). The van der Waals surface area contributed by atoms with E-state index in [1.807, 2.05) is 91.9 Å². The zero-order valence-electron chi connectivity index (χ0n) is 22.4. The summed E-state index contributed by atoms with van der Waals surface area (Å²) in [5.74, 6) is 2.30. The van der Waals surface area contributed by atoms with E-state index in [0.717, 1.165) is 33.8 Å². The van der Waals surface area contributed by atoms with E-state index in [4.69, 9.17) is 9.26 Å². The Morgan fingerprint density at radius 1 is 0.780 bits per heavy atom. The number of aromatic nitrogens is 3. The van der Waals surface area contributed by atoms with Crippen LogP contribution in [0, 0.1) is 6.92 Å². The molecule has 0 unspecified atom stereocenters. The van der Waals surface area contributed by atoms with Crippen LogP contribution in [0.4, 0.5) is 28.8 Å². The summed E-state index contributed by atoms with van der Waals surface area (Å²) in [5, 5.41) is 14.4. The van der Waals surface area contributed by atoms with Crippen LogP contribution in [0.5, 0.6) is 5.75 Å². The topological polar surface area (TPSA) is 114 Å². The number of hydrogen-bond acceptors (Lipinski definition) is 8. The quantitative estimate of drug-likeness (QED) is 0.183. The van der Waals surface area contributed by atoms with E-state index in [2.05, 4.69) is 31.1 Å². The maximum absolute atomic E-state index is 13.1. The minimum absolute atomic E-state index is 0.232. The van der Waals surface area contributed by atoms with E-state index in [-0.39, 0.29) is 5.91 Å². The van der Waals surface area contributed by atoms with Crippen molar-refractivity contribution >= 4 is 45.6 Å². The van der Waals surface area contributed by atoms with Crippen LogP contribution in [0.15, 0.2) is 108 Å². The Kier molecular flexibility index (Phi) is 6.98. The summed E-state index contributed by atoms with van der Waals surface area (Å²) in [5.41, 5.74) is 5.22. The van der Waals surface area contributed by atoms with Crippen molar-refractivity contribution in [2.24, 2.45) is 0 Å². The van der Waals surface area contributed by atoms with Crippen LogP contribution in [0.3, 0.4) is 0 Å². The molecule has 0 radical (unpaired) electrons. The van der Waals surface area contributed by atoms with Crippen molar-refractivity contribution in [2.45, 2.75) is 6.92 Å². The number of rotatable bonds is 8. The lowest BCUT2D eigenvalue weighted by molar-refractivity contribution is 0.102. The lowest BCUT2D eigenvalue weighted by atomic mass is 10.1. The molecule has 3 N–H and O–H groups in total. The molecule has 2 aromatic heterocycles. The van der Waals surface area contributed by atoms with Gasteiger partial charge < -0.3 is 25.2 Å². The number of fused-ring (bicyclic) bond motifs is 1. The Morgan fingerprint density at radius 3 is 2.24 bits per heavy atom. The molecular formula is C32H26N6O3. The van der Waals surface area contributed by atoms with Gasteiger partial charge in [0.05, 0.1) is 12.5 Å². The fourth-order valence-corrected chi connectivity index (χ4v) is 4.36. The number of carbonyl (C=O) groups is 1. The van der Waals surface area contributed by atoms with Crippen molar-refractivity contribution in [1.82, 2.24) is 15.1 Å². The second kappa shape index (κ2) is 11.2. The molecule has 0 aliphatic carbocycles. The Labute approximate surface area is 236 Å². The van der Waals surface area contributed by atoms with Gasteiger partial charge in [-0.05, 0) is 73.7 Å². The van der Waals surface area contributed by atoms with E-state index in [9.17, 15) is 4.79 Å². The largest absolute Gasteiger partial charge is 0.497 e. The summed E-state index contributed by atoms with van der Waals surface area (Å²) in [6.45, 7) is 1.91. The van der Waals surface area contributed by atoms with Crippen LogP contribution in [0.25, 0.3) is 22.2 Å². The first kappa shape index (κ1) is 25.6. The Bertz CT molecular complexity index is 1820. The first-order valence-electron chi connectivity index (χ1n) is 12.9. The van der Waals surface area contributed by atoms with Crippen LogP contribution in [-0.2, 0) is 0 Å². The molecule has 1 amide bonds. The van der Waals surface area contributed by atoms with Gasteiger partial charge in [-0.3, -0.25) is 4.79 Å². The average Bonchev–Trinajstić information content (AvgIpc) is 3.42. The molecular weight excluding hydrogens is 516 g/mol. The highest BCUT2D eigenvalue weighted by Crippen LogP contribution is 2.29. The average molecular weight is 543 g/mol. The number of carbonyl (C=O) groups excluding carboxylic acids is 1. The van der Waals surface area contributed by atoms with Crippen LogP contribution < -0.4 is 20.7 Å². The smallest absolute Gasteiger partial charge is 0.255 e. The molecule has 9 heteroatoms. The highest BCUT2D eigenvalue weighted by molar-refractivity contribution is 6.07. The minimum Gasteiger partial charge on any atom is -0.497 e. The molecule has 0 saturated carbocycles. The predicted octanol–water partition coefficient (Wildman–Crippen LogP) is 7.34. The molecule has 0 fully saturated rings. The second-order valence-electron chi connectivity index (χ2n) is 9.34. The van der Waals surface area contributed by atoms with Crippen molar-refractivity contribution in [1.29, 1.82) is 0 Å². The third kappa shape index (κ3) is 5.84. The monoisotopic (exact) mass is 542 g/mol. The van der Waals surface area contributed by atoms with Gasteiger partial charge in [-0.25, -0.2) is 4.98 Å². The van der Waals surface area contributed by atoms with Gasteiger partial charge in [0.25, 0.3) is 5.91 Å². The lowest BCUT2D eigenvalue weighted by Crippen LogP contribution is -2.11. The van der Waals surface area contributed by atoms with Gasteiger partial charge in [-0.1, -0.05) is 35.5 Å². The third-order valence-electron chi connectivity index (χ3n) is 6.39. The van der Waals surface area contributed by atoms with Gasteiger partial charge in [-0.2, -0.15) is 4.98 Å². The number of anilines is 5. The Hall–Kier alpha value is -5.70. The normalized spacial score (nSPS) is 10.8. The van der Waals surface area contributed by atoms with Crippen molar-refractivity contribution in [3.8, 4) is 17.1 Å². The number of aryl methyl sites for hydroxylation is 1. The molecule has 0 bridgehead atoms. The standard InChI is InChI=1S/C32H26N6O3/c1-20-18-29(34-23-13-15-26(40-2)16-14-23)37-32(33-20)36-25-11-9-24(10-12-25)35-31(39)22-8-17-28-27(19-22)30(41-38-28)21-6-4-3-5-7-21/h3-19H,1-2H3,(H,35,39)(H2,33,34,36,37). The Morgan fingerprint density at radius 2 is 1.49 bits per heavy atom. The van der Waals surface area contributed by atoms with Gasteiger partial charge in [0.15, 0.2) is 5.76 Å². The van der Waals surface area contributed by atoms with E-state index in [1.165, 1.54) is 0 Å². The summed E-state index contributed by atoms with van der Waals surface area (Å²) in [6, 6.07) is 31.8. The summed E-state index contributed by atoms with van der Waals surface area (Å²) in [7, 11) is 1.63. The van der Waals surface area contributed by atoms with Crippen LogP contribution in [0.1, 0.15) is 16.1 Å². The number of nitrogens with one attached hydrogen (secondary N) is 3. The van der Waals surface area contributed by atoms with Crippen molar-refractivity contribution in [3.63, 3.8) is 0 Å². The molecule has 0 saturated heterocycles. The predicted molar refractivity (Wildman–Crippen MR) is 160 cm³/mol. The number of amides is 1. The number of benzene rings is 4. The highest BCUT2D eigenvalue weighted by Gasteiger charge is 2.14. The maximum Gasteiger partial charge on any atom is 0.255 e. The van der Waals surface area contributed by atoms with Gasteiger partial charge in [0.2, 0.25) is 5.95 Å². The highest BCUT2D eigenvalue weighted by atomic mass is 16.5. The summed E-state index contributed by atoms with van der Waals surface area (Å²) >= 11 is 0. The fraction of sp³-hybridized carbons (Fsp3) is 0.0625. The van der Waals surface area contributed by atoms with Gasteiger partial charge in [-0.15, -0.1) is 0 Å². The summed E-state index contributed by atoms with van der Waals surface area (Å²) in [4.78, 5) is 22.1. The van der Waals surface area contributed by atoms with Crippen molar-refractivity contribution in [3.05, 3.63) is 114 Å². The zero-order chi connectivity index (χ0) is 28.2. The van der Waals surface area contributed by atoms with Crippen LogP contribution in [-0.4, -0.2) is 28.1 Å². The zero-order valence-corrected chi connectivity index (χ0v) is 22.4. The molecule has 41 heavy (non-hydrogen) atoms. The first-order valence-corrected chi connectivity index (χ1v) is 12.9. The number of hydrogen-bond donors (Lipinski definition) is 3. The van der Waals surface area contributed by atoms with Gasteiger partial charge in [0, 0.05) is 39.9 Å². The first-order chi connectivity index (χ1) is 20.0. The minimum atomic E-state index is -0.232. The Balaban J connectivity index is 1.13. The second-order valence-corrected chi connectivity index (χ2v) is 9.34. The van der Waals surface area contributed by atoms with E-state index in [1.54, 1.807) is 25.3 Å². The molecule has 4 aromatic carbocycles. The van der Waals surface area contributed by atoms with E-state index >= 15 is 0 Å². The number of nitrogens with zero attached hydrogens (tertiary/aromatic N) is 3. The summed E-state index contributed by atoms with van der Waals surface area (Å²) < 4.78 is 10.8. The van der Waals surface area contributed by atoms with E-state index < -0.39 is 0 Å². The molecule has 2 heterocycles. The molecule has 0 aliphatic rings. The SMILES string of the molecule is COc1ccc(Nc2cc(C)nc(Nc3ccc(NC(=O)c4ccc5noc(-c6ccccc6)c5c4)cc3)n2)cc1. The molecule has 9 nitrogen and oxygen atoms in total. The van der Waals surface area contributed by atoms with Crippen LogP contribution >= 0.6 is 0 Å². The number of ether oxygens (including phenoxy) is 1. The summed E-state index contributed by atoms with van der Waals surface area (Å²) in [6.07, 6.45) is 0. The molecule has 0 spiro atoms. The van der Waals surface area contributed by atoms with E-state index in [0.29, 0.717) is 34.3 Å².